The van der Waals surface area contributed by atoms with Gasteiger partial charge in [0.1, 0.15) is 22.2 Å². The van der Waals surface area contributed by atoms with Gasteiger partial charge in [-0.3, -0.25) is 4.79 Å². The van der Waals surface area contributed by atoms with Crippen LogP contribution in [0.2, 0.25) is 0 Å². The van der Waals surface area contributed by atoms with Crippen LogP contribution >= 0.6 is 22.7 Å². The van der Waals surface area contributed by atoms with Gasteiger partial charge in [0.05, 0.1) is 22.2 Å². The lowest BCUT2D eigenvalue weighted by molar-refractivity contribution is -0.113. The minimum absolute atomic E-state index is 0.0581. The Morgan fingerprint density at radius 3 is 2.59 bits per heavy atom. The summed E-state index contributed by atoms with van der Waals surface area (Å²) < 4.78 is 30.9. The van der Waals surface area contributed by atoms with E-state index in [0.29, 0.717) is 16.6 Å². The lowest BCUT2D eigenvalue weighted by Crippen LogP contribution is -2.22. The molecule has 0 spiro atoms. The highest BCUT2D eigenvalue weighted by Crippen LogP contribution is 2.32. The fourth-order valence-electron chi connectivity index (χ4n) is 2.61. The van der Waals surface area contributed by atoms with Gasteiger partial charge in [-0.2, -0.15) is 0 Å². The lowest BCUT2D eigenvalue weighted by atomic mass is 10.3. The number of sulfone groups is 1. The fraction of sp³-hybridized carbons (Fsp3) is 0.105. The minimum atomic E-state index is -3.77. The highest BCUT2D eigenvalue weighted by Gasteiger charge is 2.20. The molecule has 0 fully saturated rings. The van der Waals surface area contributed by atoms with Crippen molar-refractivity contribution < 1.29 is 17.9 Å². The number of hydrogen-bond acceptors (Lipinski definition) is 8. The number of anilines is 1. The summed E-state index contributed by atoms with van der Waals surface area (Å²) in [7, 11) is -2.27. The number of amides is 1. The molecule has 148 valence electrons. The van der Waals surface area contributed by atoms with Crippen LogP contribution in [-0.4, -0.2) is 37.2 Å². The van der Waals surface area contributed by atoms with Gasteiger partial charge in [0.25, 0.3) is 0 Å². The largest absolute Gasteiger partial charge is 0.497 e. The average Bonchev–Trinajstić information content (AvgIpc) is 3.34. The fourth-order valence-corrected chi connectivity index (χ4v) is 5.45. The molecule has 0 saturated heterocycles. The van der Waals surface area contributed by atoms with E-state index in [1.54, 1.807) is 5.38 Å². The SMILES string of the molecule is COc1ccc(S(=O)(=O)CC(=O)Nc2nc(-c3nc4ccccc4s3)cs2)cc1. The summed E-state index contributed by atoms with van der Waals surface area (Å²) in [5.41, 5.74) is 1.53. The van der Waals surface area contributed by atoms with Crippen LogP contribution in [0.25, 0.3) is 20.9 Å². The van der Waals surface area contributed by atoms with Gasteiger partial charge < -0.3 is 10.1 Å². The molecule has 4 aromatic rings. The molecule has 0 bridgehead atoms. The number of carbonyl (C=O) groups is 1. The summed E-state index contributed by atoms with van der Waals surface area (Å²) in [6.07, 6.45) is 0. The predicted molar refractivity (Wildman–Crippen MR) is 114 cm³/mol. The number of benzene rings is 2. The number of nitrogens with one attached hydrogen (secondary N) is 1. The molecule has 0 aliphatic rings. The topological polar surface area (TPSA) is 98.2 Å². The van der Waals surface area contributed by atoms with Gasteiger partial charge in [-0.1, -0.05) is 12.1 Å². The molecule has 0 saturated carbocycles. The van der Waals surface area contributed by atoms with E-state index < -0.39 is 21.5 Å². The van der Waals surface area contributed by atoms with Crippen LogP contribution in [0.4, 0.5) is 5.13 Å². The Bertz CT molecular complexity index is 1240. The lowest BCUT2D eigenvalue weighted by Gasteiger charge is -2.05. The molecule has 0 aliphatic carbocycles. The number of nitrogens with zero attached hydrogens (tertiary/aromatic N) is 2. The number of aromatic nitrogens is 2. The summed E-state index contributed by atoms with van der Waals surface area (Å²) in [4.78, 5) is 21.2. The maximum atomic E-state index is 12.4. The molecule has 29 heavy (non-hydrogen) atoms. The molecule has 0 unspecified atom stereocenters. The smallest absolute Gasteiger partial charge is 0.241 e. The molecule has 0 radical (unpaired) electrons. The van der Waals surface area contributed by atoms with E-state index in [1.807, 2.05) is 24.3 Å². The predicted octanol–water partition coefficient (Wildman–Crippen LogP) is 3.84. The summed E-state index contributed by atoms with van der Waals surface area (Å²) >= 11 is 2.73. The minimum Gasteiger partial charge on any atom is -0.497 e. The van der Waals surface area contributed by atoms with Crippen molar-refractivity contribution in [3.05, 3.63) is 53.9 Å². The van der Waals surface area contributed by atoms with E-state index in [-0.39, 0.29) is 4.90 Å². The molecular formula is C19H15N3O4S3. The van der Waals surface area contributed by atoms with Crippen molar-refractivity contribution in [2.45, 2.75) is 4.90 Å². The number of methoxy groups -OCH3 is 1. The Morgan fingerprint density at radius 2 is 1.86 bits per heavy atom. The molecule has 1 amide bonds. The first kappa shape index (κ1) is 19.5. The maximum absolute atomic E-state index is 12.4. The Morgan fingerprint density at radius 1 is 1.10 bits per heavy atom. The highest BCUT2D eigenvalue weighted by molar-refractivity contribution is 7.92. The second-order valence-corrected chi connectivity index (χ2v) is 9.89. The first-order chi connectivity index (χ1) is 13.9. The quantitative estimate of drug-likeness (QED) is 0.484. The molecule has 7 nitrogen and oxygen atoms in total. The monoisotopic (exact) mass is 445 g/mol. The maximum Gasteiger partial charge on any atom is 0.241 e. The van der Waals surface area contributed by atoms with Crippen molar-refractivity contribution >= 4 is 53.8 Å². The number of carbonyl (C=O) groups excluding carboxylic acids is 1. The molecule has 1 N–H and O–H groups in total. The third kappa shape index (κ3) is 4.29. The Labute approximate surface area is 174 Å². The second kappa shape index (κ2) is 7.90. The number of thiazole rings is 2. The van der Waals surface area contributed by atoms with E-state index in [9.17, 15) is 13.2 Å². The van der Waals surface area contributed by atoms with Gasteiger partial charge in [0.15, 0.2) is 15.0 Å². The normalized spacial score (nSPS) is 11.5. The van der Waals surface area contributed by atoms with E-state index in [4.69, 9.17) is 4.74 Å². The molecule has 4 rings (SSSR count). The van der Waals surface area contributed by atoms with Crippen molar-refractivity contribution in [3.8, 4) is 16.5 Å². The van der Waals surface area contributed by atoms with Crippen LogP contribution in [0.1, 0.15) is 0 Å². The van der Waals surface area contributed by atoms with Gasteiger partial charge in [-0.15, -0.1) is 22.7 Å². The molecule has 0 aliphatic heterocycles. The Balaban J connectivity index is 1.46. The number of para-hydroxylation sites is 1. The zero-order valence-corrected chi connectivity index (χ0v) is 17.6. The standard InChI is InChI=1S/C19H15N3O4S3/c1-26-12-6-8-13(9-7-12)29(24,25)11-17(23)22-19-21-15(10-27-19)18-20-14-4-2-3-5-16(14)28-18/h2-10H,11H2,1H3,(H,21,22,23). The number of fused-ring (bicyclic) bond motifs is 1. The van der Waals surface area contributed by atoms with Crippen molar-refractivity contribution in [3.63, 3.8) is 0 Å². The van der Waals surface area contributed by atoms with E-state index >= 15 is 0 Å². The second-order valence-electron chi connectivity index (χ2n) is 6.01. The Kier molecular flexibility index (Phi) is 5.31. The van der Waals surface area contributed by atoms with Gasteiger partial charge >= 0.3 is 0 Å². The molecule has 10 heteroatoms. The number of hydrogen-bond donors (Lipinski definition) is 1. The van der Waals surface area contributed by atoms with Gasteiger partial charge in [0, 0.05) is 5.38 Å². The summed E-state index contributed by atoms with van der Waals surface area (Å²) in [6, 6.07) is 13.7. The molecule has 2 heterocycles. The van der Waals surface area contributed by atoms with Crippen LogP contribution in [0, 0.1) is 0 Å². The molecular weight excluding hydrogens is 430 g/mol. The molecule has 2 aromatic carbocycles. The zero-order chi connectivity index (χ0) is 20.4. The van der Waals surface area contributed by atoms with Crippen LogP contribution < -0.4 is 10.1 Å². The van der Waals surface area contributed by atoms with E-state index in [2.05, 4.69) is 15.3 Å². The van der Waals surface area contributed by atoms with Crippen LogP contribution in [0.15, 0.2) is 58.8 Å². The summed E-state index contributed by atoms with van der Waals surface area (Å²) in [5, 5.41) is 5.41. The van der Waals surface area contributed by atoms with E-state index in [0.717, 1.165) is 15.2 Å². The molecule has 0 atom stereocenters. The van der Waals surface area contributed by atoms with Gasteiger partial charge in [-0.05, 0) is 36.4 Å². The van der Waals surface area contributed by atoms with Gasteiger partial charge in [-0.25, -0.2) is 18.4 Å². The number of rotatable bonds is 6. The van der Waals surface area contributed by atoms with Crippen LogP contribution in [0.3, 0.4) is 0 Å². The van der Waals surface area contributed by atoms with E-state index in [1.165, 1.54) is 54.0 Å². The van der Waals surface area contributed by atoms with Gasteiger partial charge in [0.2, 0.25) is 5.91 Å². The third-order valence-electron chi connectivity index (χ3n) is 4.00. The summed E-state index contributed by atoms with van der Waals surface area (Å²) in [5.74, 6) is -0.778. The average molecular weight is 446 g/mol. The van der Waals surface area contributed by atoms with Crippen LogP contribution in [0.5, 0.6) is 5.75 Å². The third-order valence-corrected chi connectivity index (χ3v) is 7.45. The molecule has 2 aromatic heterocycles. The van der Waals surface area contributed by atoms with Crippen molar-refractivity contribution in [2.75, 3.05) is 18.2 Å². The first-order valence-corrected chi connectivity index (χ1v) is 11.8. The first-order valence-electron chi connectivity index (χ1n) is 8.43. The highest BCUT2D eigenvalue weighted by atomic mass is 32.2. The van der Waals surface area contributed by atoms with Crippen molar-refractivity contribution in [2.24, 2.45) is 0 Å². The van der Waals surface area contributed by atoms with Crippen molar-refractivity contribution in [1.82, 2.24) is 9.97 Å². The van der Waals surface area contributed by atoms with Crippen LogP contribution in [-0.2, 0) is 14.6 Å². The Hall–Kier alpha value is -2.82. The number of ether oxygens (including phenoxy) is 1. The van der Waals surface area contributed by atoms with Crippen molar-refractivity contribution in [1.29, 1.82) is 0 Å². The summed E-state index contributed by atoms with van der Waals surface area (Å²) in [6.45, 7) is 0. The zero-order valence-electron chi connectivity index (χ0n) is 15.2.